The van der Waals surface area contributed by atoms with Crippen LogP contribution in [0.2, 0.25) is 0 Å². The van der Waals surface area contributed by atoms with Crippen molar-refractivity contribution in [1.82, 2.24) is 13.6 Å². The van der Waals surface area contributed by atoms with E-state index >= 15 is 0 Å². The normalized spacial score (nSPS) is 22.4. The maximum absolute atomic E-state index is 9.10. The van der Waals surface area contributed by atoms with Gasteiger partial charge in [0.25, 0.3) is 0 Å². The number of thioether (sulfide) groups is 1. The highest BCUT2D eigenvalue weighted by Gasteiger charge is 2.38. The molecule has 3 heterocycles. The Labute approximate surface area is 177 Å². The number of aromatic nitrogens is 2. The number of benzene rings is 1. The second kappa shape index (κ2) is 10.0. The van der Waals surface area contributed by atoms with Crippen LogP contribution >= 0.6 is 23.5 Å². The Hall–Kier alpha value is -2.17. The molecule has 0 amide bonds. The molecule has 2 aliphatic rings. The van der Waals surface area contributed by atoms with Gasteiger partial charge < -0.3 is 19.8 Å². The van der Waals surface area contributed by atoms with E-state index in [-0.39, 0.29) is 0 Å². The van der Waals surface area contributed by atoms with Gasteiger partial charge >= 0.3 is 11.9 Å². The van der Waals surface area contributed by atoms with Crippen molar-refractivity contribution >= 4 is 35.4 Å². The van der Waals surface area contributed by atoms with Crippen molar-refractivity contribution in [2.75, 3.05) is 26.7 Å². The summed E-state index contributed by atoms with van der Waals surface area (Å²) in [6.45, 7) is 3.69. The third-order valence-corrected chi connectivity index (χ3v) is 6.83. The van der Waals surface area contributed by atoms with Crippen LogP contribution in [-0.2, 0) is 15.3 Å². The first-order valence-corrected chi connectivity index (χ1v) is 11.0. The van der Waals surface area contributed by atoms with Crippen LogP contribution in [0.1, 0.15) is 30.0 Å². The Balaban J connectivity index is 0.000000353. The lowest BCUT2D eigenvalue weighted by atomic mass is 9.89. The first kappa shape index (κ1) is 21.5. The number of piperidine rings is 1. The Morgan fingerprint density at radius 1 is 1.21 bits per heavy atom. The quantitative estimate of drug-likeness (QED) is 0.538. The van der Waals surface area contributed by atoms with Gasteiger partial charge in [-0.1, -0.05) is 23.9 Å². The molecule has 10 heteroatoms. The molecule has 2 saturated heterocycles. The Morgan fingerprint density at radius 3 is 2.55 bits per heavy atom. The number of fused-ring (bicyclic) bond motifs is 2. The maximum Gasteiger partial charge on any atom is 0.414 e. The van der Waals surface area contributed by atoms with Crippen molar-refractivity contribution in [1.29, 1.82) is 0 Å². The molecule has 2 aromatic rings. The number of ether oxygens (including phenoxy) is 1. The summed E-state index contributed by atoms with van der Waals surface area (Å²) in [7, 11) is 1.70. The van der Waals surface area contributed by atoms with Gasteiger partial charge in [-0.25, -0.2) is 9.59 Å². The molecule has 8 nitrogen and oxygen atoms in total. The van der Waals surface area contributed by atoms with E-state index < -0.39 is 11.9 Å². The highest BCUT2D eigenvalue weighted by atomic mass is 32.2. The SMILES string of the molecule is COc1ccc(CSc2nsnc2C2CN3CCCC2C3)cc1.O=C(O)C(=O)O. The number of carbonyl (C=O) groups is 2. The second-order valence-corrected chi connectivity index (χ2v) is 8.46. The van der Waals surface area contributed by atoms with Gasteiger partial charge in [0.1, 0.15) is 10.8 Å². The van der Waals surface area contributed by atoms with Crippen LogP contribution in [0.25, 0.3) is 0 Å². The molecule has 0 radical (unpaired) electrons. The van der Waals surface area contributed by atoms with E-state index in [0.29, 0.717) is 5.92 Å². The molecule has 156 valence electrons. The first-order chi connectivity index (χ1) is 14.0. The van der Waals surface area contributed by atoms with E-state index in [4.69, 9.17) is 24.5 Å². The predicted molar refractivity (Wildman–Crippen MR) is 110 cm³/mol. The van der Waals surface area contributed by atoms with Crippen molar-refractivity contribution in [3.05, 3.63) is 35.5 Å². The highest BCUT2D eigenvalue weighted by Crippen LogP contribution is 2.41. The van der Waals surface area contributed by atoms with Gasteiger partial charge in [0.05, 0.1) is 24.5 Å². The molecule has 1 aromatic heterocycles. The Bertz CT molecular complexity index is 831. The van der Waals surface area contributed by atoms with Crippen LogP contribution in [0.5, 0.6) is 5.75 Å². The van der Waals surface area contributed by atoms with Crippen LogP contribution in [0, 0.1) is 5.92 Å². The number of nitrogens with zero attached hydrogens (tertiary/aromatic N) is 3. The van der Waals surface area contributed by atoms with Gasteiger partial charge in [-0.3, -0.25) is 0 Å². The number of hydrogen-bond acceptors (Lipinski definition) is 8. The molecule has 3 atom stereocenters. The molecular formula is C19H23N3O5S2. The lowest BCUT2D eigenvalue weighted by molar-refractivity contribution is -0.159. The fraction of sp³-hybridized carbons (Fsp3) is 0.474. The standard InChI is InChI=1S/C17H21N3OS2.C2H2O4/c1-21-14-6-4-12(5-7-14)11-22-17-16(18-23-19-17)15-10-20-8-2-3-13(15)9-20;3-1(4)2(5)6/h4-7,13,15H,2-3,8-11H2,1H3;(H,3,4)(H,5,6). The van der Waals surface area contributed by atoms with Crippen molar-refractivity contribution < 1.29 is 24.5 Å². The molecule has 2 N–H and O–H groups in total. The van der Waals surface area contributed by atoms with E-state index in [0.717, 1.165) is 22.4 Å². The second-order valence-electron chi connectivity index (χ2n) is 6.97. The molecule has 2 aliphatic heterocycles. The topological polar surface area (TPSA) is 113 Å². The van der Waals surface area contributed by atoms with Gasteiger partial charge in [-0.2, -0.15) is 8.75 Å². The summed E-state index contributed by atoms with van der Waals surface area (Å²) in [5.74, 6) is -0.432. The molecule has 2 bridgehead atoms. The monoisotopic (exact) mass is 437 g/mol. The van der Waals surface area contributed by atoms with Crippen LogP contribution in [0.3, 0.4) is 0 Å². The molecule has 0 aliphatic carbocycles. The molecule has 29 heavy (non-hydrogen) atoms. The van der Waals surface area contributed by atoms with Crippen LogP contribution < -0.4 is 4.74 Å². The minimum Gasteiger partial charge on any atom is -0.497 e. The van der Waals surface area contributed by atoms with Crippen molar-refractivity contribution in [2.45, 2.75) is 29.5 Å². The molecule has 4 rings (SSSR count). The summed E-state index contributed by atoms with van der Waals surface area (Å²) in [5, 5.41) is 15.9. The lowest BCUT2D eigenvalue weighted by Gasteiger charge is -2.21. The highest BCUT2D eigenvalue weighted by molar-refractivity contribution is 7.98. The van der Waals surface area contributed by atoms with Gasteiger partial charge in [0.2, 0.25) is 0 Å². The first-order valence-electron chi connectivity index (χ1n) is 9.24. The minimum absolute atomic E-state index is 0.592. The van der Waals surface area contributed by atoms with Gasteiger partial charge in [-0.15, -0.1) is 0 Å². The Kier molecular flexibility index (Phi) is 7.45. The van der Waals surface area contributed by atoms with E-state index in [1.165, 1.54) is 55.5 Å². The third kappa shape index (κ3) is 5.68. The average Bonchev–Trinajstić information content (AvgIpc) is 3.30. The molecule has 1 aromatic carbocycles. The molecule has 0 spiro atoms. The average molecular weight is 438 g/mol. The zero-order chi connectivity index (χ0) is 20.8. The summed E-state index contributed by atoms with van der Waals surface area (Å²) in [4.78, 5) is 20.8. The van der Waals surface area contributed by atoms with E-state index in [1.807, 2.05) is 23.9 Å². The van der Waals surface area contributed by atoms with Crippen molar-refractivity contribution in [3.63, 3.8) is 0 Å². The summed E-state index contributed by atoms with van der Waals surface area (Å²) in [6, 6.07) is 8.28. The van der Waals surface area contributed by atoms with Crippen LogP contribution in [0.15, 0.2) is 29.3 Å². The van der Waals surface area contributed by atoms with Crippen molar-refractivity contribution in [2.24, 2.45) is 5.92 Å². The third-order valence-electron chi connectivity index (χ3n) is 5.12. The molecule has 0 saturated carbocycles. The Morgan fingerprint density at radius 2 is 1.93 bits per heavy atom. The minimum atomic E-state index is -1.82. The van der Waals surface area contributed by atoms with Crippen molar-refractivity contribution in [3.8, 4) is 5.75 Å². The van der Waals surface area contributed by atoms with E-state index in [1.54, 1.807) is 7.11 Å². The van der Waals surface area contributed by atoms with Crippen LogP contribution in [0.4, 0.5) is 0 Å². The van der Waals surface area contributed by atoms with Crippen LogP contribution in [-0.4, -0.2) is 62.5 Å². The maximum atomic E-state index is 9.10. The fourth-order valence-corrected chi connectivity index (χ4v) is 5.44. The number of methoxy groups -OCH3 is 1. The fourth-order valence-electron chi connectivity index (χ4n) is 3.71. The van der Waals surface area contributed by atoms with Gasteiger partial charge in [0, 0.05) is 24.8 Å². The number of carboxylic acids is 2. The summed E-state index contributed by atoms with van der Waals surface area (Å²) in [6.07, 6.45) is 2.69. The van der Waals surface area contributed by atoms with Gasteiger partial charge in [0.15, 0.2) is 0 Å². The summed E-state index contributed by atoms with van der Waals surface area (Å²) >= 11 is 3.19. The molecule has 3 unspecified atom stereocenters. The number of carboxylic acid groups (broad SMARTS) is 2. The zero-order valence-corrected chi connectivity index (χ0v) is 17.6. The predicted octanol–water partition coefficient (Wildman–Crippen LogP) is 2.80. The summed E-state index contributed by atoms with van der Waals surface area (Å²) < 4.78 is 14.4. The van der Waals surface area contributed by atoms with E-state index in [2.05, 4.69) is 25.8 Å². The molecule has 2 fully saturated rings. The smallest absolute Gasteiger partial charge is 0.414 e. The summed E-state index contributed by atoms with van der Waals surface area (Å²) in [5.41, 5.74) is 2.55. The van der Waals surface area contributed by atoms with E-state index in [9.17, 15) is 0 Å². The number of hydrogen-bond donors (Lipinski definition) is 2. The number of rotatable bonds is 5. The molecular weight excluding hydrogens is 414 g/mol. The largest absolute Gasteiger partial charge is 0.497 e. The zero-order valence-electron chi connectivity index (χ0n) is 16.0. The van der Waals surface area contributed by atoms with Gasteiger partial charge in [-0.05, 0) is 43.0 Å². The lowest BCUT2D eigenvalue weighted by Crippen LogP contribution is -2.25. The number of aliphatic carboxylic acids is 2.